The summed E-state index contributed by atoms with van der Waals surface area (Å²) in [6.07, 6.45) is 16.4. The van der Waals surface area contributed by atoms with E-state index < -0.39 is 14.5 Å². The van der Waals surface area contributed by atoms with Gasteiger partial charge in [0.1, 0.15) is 0 Å². The molecule has 0 rings (SSSR count). The second-order valence-electron chi connectivity index (χ2n) is 7.02. The van der Waals surface area contributed by atoms with Gasteiger partial charge >= 0.3 is 138 Å². The molecule has 0 saturated carbocycles. The van der Waals surface area contributed by atoms with E-state index in [4.69, 9.17) is 0 Å². The topological polar surface area (TPSA) is 0 Å². The van der Waals surface area contributed by atoms with Crippen molar-refractivity contribution in [2.24, 2.45) is 0 Å². The molecule has 0 fully saturated rings. The monoisotopic (exact) mass is 338 g/mol. The Labute approximate surface area is 138 Å². The molecule has 0 radical (unpaired) electrons. The van der Waals surface area contributed by atoms with Crippen LogP contribution in [0.25, 0.3) is 0 Å². The molecular formula is C19H48P2. The van der Waals surface area contributed by atoms with Crippen LogP contribution in [-0.2, 0) is 0 Å². The van der Waals surface area contributed by atoms with E-state index in [2.05, 4.69) is 55.4 Å². The summed E-state index contributed by atoms with van der Waals surface area (Å²) in [4.78, 5) is 0. The Morgan fingerprint density at radius 2 is 0.619 bits per heavy atom. The zero-order chi connectivity index (χ0) is 16.8. The predicted molar refractivity (Wildman–Crippen MR) is 115 cm³/mol. The molecule has 21 heavy (non-hydrogen) atoms. The molecule has 0 aliphatic rings. The molecule has 0 nitrogen and oxygen atoms in total. The van der Waals surface area contributed by atoms with Crippen molar-refractivity contribution in [2.45, 2.75) is 74.7 Å². The van der Waals surface area contributed by atoms with Gasteiger partial charge < -0.3 is 0 Å². The van der Waals surface area contributed by atoms with Crippen molar-refractivity contribution >= 4 is 14.5 Å². The molecule has 0 bridgehead atoms. The first-order valence-corrected chi connectivity index (χ1v) is 15.6. The molecule has 0 N–H and O–H groups in total. The van der Waals surface area contributed by atoms with Gasteiger partial charge in [-0.2, -0.15) is 0 Å². The Balaban J connectivity index is 0. The van der Waals surface area contributed by atoms with Gasteiger partial charge in [0.2, 0.25) is 0 Å². The number of hydrogen-bond acceptors (Lipinski definition) is 0. The first-order valence-electron chi connectivity index (χ1n) is 9.99. The Kier molecular flexibility index (Phi) is 16.6. The van der Waals surface area contributed by atoms with Crippen molar-refractivity contribution in [3.8, 4) is 0 Å². The van der Waals surface area contributed by atoms with Crippen LogP contribution < -0.4 is 0 Å². The van der Waals surface area contributed by atoms with Crippen LogP contribution in [0.4, 0.5) is 0 Å². The molecule has 0 saturated heterocycles. The van der Waals surface area contributed by atoms with Crippen LogP contribution in [0.5, 0.6) is 0 Å². The van der Waals surface area contributed by atoms with Gasteiger partial charge in [0.25, 0.3) is 0 Å². The van der Waals surface area contributed by atoms with Crippen LogP contribution in [0.1, 0.15) is 74.7 Å². The quantitative estimate of drug-likeness (QED) is 0.363. The van der Waals surface area contributed by atoms with Gasteiger partial charge in [0.05, 0.1) is 0 Å². The van der Waals surface area contributed by atoms with Crippen molar-refractivity contribution in [1.82, 2.24) is 0 Å². The van der Waals surface area contributed by atoms with Crippen molar-refractivity contribution in [3.63, 3.8) is 0 Å². The van der Waals surface area contributed by atoms with E-state index in [0.717, 1.165) is 0 Å². The van der Waals surface area contributed by atoms with Gasteiger partial charge in [-0.05, 0) is 0 Å². The molecule has 0 atom stereocenters. The standard InChI is InChI=1S/C11H27P.C8H21P/c1-5-9-12(8-4,10-6-2)11-7-3;1-5-9(6-2,7-3)8-4/h12H,5-11H2,1-4H3;9H,5-8H2,1-4H3. The second-order valence-corrected chi connectivity index (χ2v) is 18.1. The van der Waals surface area contributed by atoms with Gasteiger partial charge in [0.15, 0.2) is 0 Å². The van der Waals surface area contributed by atoms with Gasteiger partial charge in [-0.25, -0.2) is 0 Å². The molecule has 0 heterocycles. The maximum atomic E-state index is 2.42. The fraction of sp³-hybridized carbons (Fsp3) is 1.00. The summed E-state index contributed by atoms with van der Waals surface area (Å²) in [6, 6.07) is 0. The molecule has 0 spiro atoms. The molecular weight excluding hydrogens is 290 g/mol. The van der Waals surface area contributed by atoms with Gasteiger partial charge in [-0.3, -0.25) is 0 Å². The molecule has 0 amide bonds. The van der Waals surface area contributed by atoms with E-state index in [1.165, 1.54) is 50.1 Å². The second kappa shape index (κ2) is 14.5. The molecule has 0 unspecified atom stereocenters. The Bertz CT molecular complexity index is 175. The van der Waals surface area contributed by atoms with E-state index >= 15 is 0 Å². The van der Waals surface area contributed by atoms with Gasteiger partial charge in [0, 0.05) is 0 Å². The molecule has 0 aromatic carbocycles. The SMILES string of the molecule is CCC[PH](CC)(CCC)CCC.CC[PH](CC)(CC)CC. The van der Waals surface area contributed by atoms with E-state index in [-0.39, 0.29) is 0 Å². The van der Waals surface area contributed by atoms with E-state index in [0.29, 0.717) is 0 Å². The minimum atomic E-state index is -0.769. The zero-order valence-corrected chi connectivity index (χ0v) is 18.8. The zero-order valence-electron chi connectivity index (χ0n) is 16.8. The Morgan fingerprint density at radius 3 is 0.714 bits per heavy atom. The summed E-state index contributed by atoms with van der Waals surface area (Å²) >= 11 is 0. The third-order valence-electron chi connectivity index (χ3n) is 6.09. The molecule has 0 aliphatic heterocycles. The fourth-order valence-corrected chi connectivity index (χ4v) is 12.0. The summed E-state index contributed by atoms with van der Waals surface area (Å²) in [5.41, 5.74) is 0. The number of hydrogen-bond donors (Lipinski definition) is 0. The normalized spacial score (nSPS) is 13.5. The van der Waals surface area contributed by atoms with Crippen molar-refractivity contribution in [1.29, 1.82) is 0 Å². The molecule has 2 heteroatoms. The summed E-state index contributed by atoms with van der Waals surface area (Å²) in [7, 11) is -1.46. The molecule has 0 aromatic rings. The summed E-state index contributed by atoms with van der Waals surface area (Å²) in [5, 5.41) is 0. The van der Waals surface area contributed by atoms with Crippen LogP contribution in [0, 0.1) is 0 Å². The summed E-state index contributed by atoms with van der Waals surface area (Å²) in [6.45, 7) is 18.9. The van der Waals surface area contributed by atoms with E-state index in [1.54, 1.807) is 18.5 Å². The third-order valence-corrected chi connectivity index (χ3v) is 18.3. The Hall–Kier alpha value is 0.860. The Morgan fingerprint density at radius 1 is 0.381 bits per heavy atom. The van der Waals surface area contributed by atoms with Crippen molar-refractivity contribution in [3.05, 3.63) is 0 Å². The van der Waals surface area contributed by atoms with Gasteiger partial charge in [-0.15, -0.1) is 0 Å². The van der Waals surface area contributed by atoms with Crippen molar-refractivity contribution < 1.29 is 0 Å². The predicted octanol–water partition coefficient (Wildman–Crippen LogP) is 6.80. The van der Waals surface area contributed by atoms with Crippen LogP contribution >= 0.6 is 14.5 Å². The van der Waals surface area contributed by atoms with Crippen molar-refractivity contribution in [2.75, 3.05) is 49.3 Å². The van der Waals surface area contributed by atoms with Crippen LogP contribution in [0.2, 0.25) is 0 Å². The third kappa shape index (κ3) is 9.56. The fourth-order valence-electron chi connectivity index (χ4n) is 4.00. The van der Waals surface area contributed by atoms with E-state index in [9.17, 15) is 0 Å². The molecule has 0 aliphatic carbocycles. The first-order chi connectivity index (χ1) is 9.99. The van der Waals surface area contributed by atoms with Gasteiger partial charge in [-0.1, -0.05) is 0 Å². The van der Waals surface area contributed by atoms with Crippen LogP contribution in [0.3, 0.4) is 0 Å². The summed E-state index contributed by atoms with van der Waals surface area (Å²) in [5.74, 6) is 0. The first kappa shape index (κ1) is 24.1. The average molecular weight is 339 g/mol. The molecule has 134 valence electrons. The molecule has 0 aromatic heterocycles. The van der Waals surface area contributed by atoms with Crippen LogP contribution in [-0.4, -0.2) is 49.3 Å². The average Bonchev–Trinajstić information content (AvgIpc) is 2.51. The maximum absolute atomic E-state index is 2.42. The number of rotatable bonds is 11. The van der Waals surface area contributed by atoms with Crippen LogP contribution in [0.15, 0.2) is 0 Å². The van der Waals surface area contributed by atoms with E-state index in [1.807, 2.05) is 0 Å². The minimum absolute atomic E-state index is 0.691. The summed E-state index contributed by atoms with van der Waals surface area (Å²) < 4.78 is 0.